The average molecular weight is 273 g/mol. The molecule has 0 heterocycles. The van der Waals surface area contributed by atoms with E-state index in [2.05, 4.69) is 0 Å². The molecule has 1 aromatic rings. The molecule has 0 aliphatic carbocycles. The number of hydrogen-bond acceptors (Lipinski definition) is 4. The second-order valence-corrected chi connectivity index (χ2v) is 4.95. The Balaban J connectivity index is 2.57. The van der Waals surface area contributed by atoms with E-state index in [1.165, 1.54) is 0 Å². The Morgan fingerprint density at radius 2 is 1.84 bits per heavy atom. The van der Waals surface area contributed by atoms with Crippen LogP contribution in [0.4, 0.5) is 14.5 Å². The van der Waals surface area contributed by atoms with Gasteiger partial charge in [0.15, 0.2) is 0 Å². The van der Waals surface area contributed by atoms with Crippen LogP contribution in [0.25, 0.3) is 0 Å². The number of carbonyl (C=O) groups is 1. The summed E-state index contributed by atoms with van der Waals surface area (Å²) >= 11 is 0. The van der Waals surface area contributed by atoms with Crippen molar-refractivity contribution in [3.63, 3.8) is 0 Å². The molecule has 0 bridgehead atoms. The van der Waals surface area contributed by atoms with Crippen molar-refractivity contribution in [1.29, 1.82) is 0 Å². The number of ether oxygens (including phenoxy) is 2. The monoisotopic (exact) mass is 273 g/mol. The molecule has 0 radical (unpaired) electrons. The molecule has 0 fully saturated rings. The number of halogens is 2. The number of benzene rings is 1. The maximum absolute atomic E-state index is 13.4. The van der Waals surface area contributed by atoms with Crippen LogP contribution in [0.3, 0.4) is 0 Å². The molecule has 0 amide bonds. The highest BCUT2D eigenvalue weighted by atomic mass is 19.1. The van der Waals surface area contributed by atoms with Crippen molar-refractivity contribution in [2.45, 2.75) is 26.4 Å². The molecule has 0 aromatic heterocycles. The van der Waals surface area contributed by atoms with E-state index in [4.69, 9.17) is 15.2 Å². The fourth-order valence-electron chi connectivity index (χ4n) is 1.28. The van der Waals surface area contributed by atoms with Crippen LogP contribution in [0.5, 0.6) is 0 Å². The summed E-state index contributed by atoms with van der Waals surface area (Å²) in [6, 6.07) is 1.47. The summed E-state index contributed by atoms with van der Waals surface area (Å²) in [5.41, 5.74) is 4.22. The zero-order valence-corrected chi connectivity index (χ0v) is 11.1. The predicted octanol–water partition coefficient (Wildman–Crippen LogP) is 2.52. The van der Waals surface area contributed by atoms with Crippen molar-refractivity contribution in [3.8, 4) is 0 Å². The molecule has 106 valence electrons. The van der Waals surface area contributed by atoms with Gasteiger partial charge in [-0.2, -0.15) is 0 Å². The molecule has 0 unspecified atom stereocenters. The lowest BCUT2D eigenvalue weighted by Gasteiger charge is -2.19. The lowest BCUT2D eigenvalue weighted by Crippen LogP contribution is -2.23. The topological polar surface area (TPSA) is 61.5 Å². The molecule has 0 saturated heterocycles. The van der Waals surface area contributed by atoms with E-state index in [-0.39, 0.29) is 24.5 Å². The molecule has 0 aliphatic heterocycles. The van der Waals surface area contributed by atoms with Crippen LogP contribution in [0.1, 0.15) is 31.1 Å². The first kappa shape index (κ1) is 15.4. The van der Waals surface area contributed by atoms with Gasteiger partial charge in [0.05, 0.1) is 23.5 Å². The molecule has 0 atom stereocenters. The molecular formula is C13H17F2NO3. The van der Waals surface area contributed by atoms with Gasteiger partial charge in [0, 0.05) is 6.07 Å². The van der Waals surface area contributed by atoms with Crippen molar-refractivity contribution in [3.05, 3.63) is 29.3 Å². The first-order valence-corrected chi connectivity index (χ1v) is 5.76. The van der Waals surface area contributed by atoms with Gasteiger partial charge in [0.1, 0.15) is 18.2 Å². The fraction of sp³-hybridized carbons (Fsp3) is 0.462. The average Bonchev–Trinajstić information content (AvgIpc) is 2.28. The highest BCUT2D eigenvalue weighted by Gasteiger charge is 2.17. The zero-order chi connectivity index (χ0) is 14.6. The van der Waals surface area contributed by atoms with Crippen molar-refractivity contribution in [1.82, 2.24) is 0 Å². The zero-order valence-electron chi connectivity index (χ0n) is 11.1. The van der Waals surface area contributed by atoms with E-state index in [9.17, 15) is 13.6 Å². The summed E-state index contributed by atoms with van der Waals surface area (Å²) in [5, 5.41) is 0. The number of hydrogen-bond donors (Lipinski definition) is 1. The lowest BCUT2D eigenvalue weighted by molar-refractivity contribution is -0.0282. The Labute approximate surface area is 110 Å². The molecule has 0 spiro atoms. The third-order valence-corrected chi connectivity index (χ3v) is 2.16. The number of rotatable bonds is 4. The van der Waals surface area contributed by atoms with E-state index >= 15 is 0 Å². The van der Waals surface area contributed by atoms with Crippen LogP contribution in [0.15, 0.2) is 12.1 Å². The summed E-state index contributed by atoms with van der Waals surface area (Å²) < 4.78 is 36.4. The van der Waals surface area contributed by atoms with Gasteiger partial charge in [-0.15, -0.1) is 0 Å². The van der Waals surface area contributed by atoms with Crippen molar-refractivity contribution in [2.24, 2.45) is 0 Å². The number of nitrogens with two attached hydrogens (primary N) is 1. The van der Waals surface area contributed by atoms with Crippen molar-refractivity contribution >= 4 is 11.7 Å². The summed E-state index contributed by atoms with van der Waals surface area (Å²) in [5.74, 6) is -2.82. The Hall–Kier alpha value is -1.69. The Morgan fingerprint density at radius 1 is 1.21 bits per heavy atom. The molecule has 4 nitrogen and oxygen atoms in total. The first-order chi connectivity index (χ1) is 8.70. The minimum absolute atomic E-state index is 0.0210. The normalized spacial score (nSPS) is 11.4. The van der Waals surface area contributed by atoms with Crippen LogP contribution in [0, 0.1) is 11.6 Å². The number of esters is 1. The standard InChI is InChI=1S/C13H17F2NO3/c1-13(2,3)19-5-4-18-12(17)8-6-11(16)10(15)7-9(8)14/h6-7H,4-5,16H2,1-3H3. The quantitative estimate of drug-likeness (QED) is 0.520. The Morgan fingerprint density at radius 3 is 2.42 bits per heavy atom. The second kappa shape index (κ2) is 5.97. The van der Waals surface area contributed by atoms with E-state index in [1.54, 1.807) is 0 Å². The fourth-order valence-corrected chi connectivity index (χ4v) is 1.28. The molecule has 6 heteroatoms. The summed E-state index contributed by atoms with van der Waals surface area (Å²) in [7, 11) is 0. The molecular weight excluding hydrogens is 256 g/mol. The van der Waals surface area contributed by atoms with E-state index in [0.717, 1.165) is 6.07 Å². The Bertz CT molecular complexity index is 470. The van der Waals surface area contributed by atoms with Gasteiger partial charge in [-0.05, 0) is 26.8 Å². The highest BCUT2D eigenvalue weighted by Crippen LogP contribution is 2.17. The molecule has 19 heavy (non-hydrogen) atoms. The van der Waals surface area contributed by atoms with E-state index in [1.807, 2.05) is 20.8 Å². The van der Waals surface area contributed by atoms with Gasteiger partial charge in [0.25, 0.3) is 0 Å². The van der Waals surface area contributed by atoms with Crippen LogP contribution in [0.2, 0.25) is 0 Å². The summed E-state index contributed by atoms with van der Waals surface area (Å²) in [6.45, 7) is 5.74. The third kappa shape index (κ3) is 4.82. The van der Waals surface area contributed by atoms with Crippen molar-refractivity contribution in [2.75, 3.05) is 18.9 Å². The minimum Gasteiger partial charge on any atom is -0.460 e. The largest absolute Gasteiger partial charge is 0.460 e. The molecule has 0 saturated carbocycles. The maximum Gasteiger partial charge on any atom is 0.341 e. The SMILES string of the molecule is CC(C)(C)OCCOC(=O)c1cc(N)c(F)cc1F. The number of anilines is 1. The number of carbonyl (C=O) groups excluding carboxylic acids is 1. The molecule has 1 rings (SSSR count). The highest BCUT2D eigenvalue weighted by molar-refractivity contribution is 5.90. The van der Waals surface area contributed by atoms with Crippen LogP contribution < -0.4 is 5.73 Å². The summed E-state index contributed by atoms with van der Waals surface area (Å²) in [4.78, 5) is 11.6. The molecule has 1 aromatic carbocycles. The number of nitrogen functional groups attached to an aromatic ring is 1. The van der Waals surface area contributed by atoms with Crippen molar-refractivity contribution < 1.29 is 23.0 Å². The van der Waals surface area contributed by atoms with Crippen LogP contribution in [-0.2, 0) is 9.47 Å². The first-order valence-electron chi connectivity index (χ1n) is 5.76. The van der Waals surface area contributed by atoms with Gasteiger partial charge in [-0.1, -0.05) is 0 Å². The van der Waals surface area contributed by atoms with Crippen LogP contribution >= 0.6 is 0 Å². The predicted molar refractivity (Wildman–Crippen MR) is 66.8 cm³/mol. The summed E-state index contributed by atoms with van der Waals surface area (Å²) in [6.07, 6.45) is 0. The minimum atomic E-state index is -1.01. The maximum atomic E-state index is 13.4. The van der Waals surface area contributed by atoms with Gasteiger partial charge in [-0.3, -0.25) is 0 Å². The Kier molecular flexibility index (Phi) is 4.83. The molecule has 0 aliphatic rings. The van der Waals surface area contributed by atoms with Gasteiger partial charge in [0.2, 0.25) is 0 Å². The van der Waals surface area contributed by atoms with Gasteiger partial charge < -0.3 is 15.2 Å². The van der Waals surface area contributed by atoms with Crippen LogP contribution in [-0.4, -0.2) is 24.8 Å². The smallest absolute Gasteiger partial charge is 0.341 e. The van der Waals surface area contributed by atoms with E-state index < -0.39 is 23.2 Å². The molecule has 2 N–H and O–H groups in total. The van der Waals surface area contributed by atoms with Gasteiger partial charge in [-0.25, -0.2) is 13.6 Å². The van der Waals surface area contributed by atoms with Gasteiger partial charge >= 0.3 is 5.97 Å². The van der Waals surface area contributed by atoms with E-state index in [0.29, 0.717) is 6.07 Å². The third-order valence-electron chi connectivity index (χ3n) is 2.16. The lowest BCUT2D eigenvalue weighted by atomic mass is 10.2. The second-order valence-electron chi connectivity index (χ2n) is 4.95.